The van der Waals surface area contributed by atoms with Gasteiger partial charge in [0, 0.05) is 11.0 Å². The molecular formula is C21H17BrN2O3S. The summed E-state index contributed by atoms with van der Waals surface area (Å²) in [5.74, 6) is -0.256. The minimum atomic E-state index is -0.508. The average Bonchev–Trinajstić information content (AvgIpc) is 2.69. The van der Waals surface area contributed by atoms with Crippen LogP contribution in [0.25, 0.3) is 6.08 Å². The molecule has 2 aromatic rings. The third-order valence-corrected chi connectivity index (χ3v) is 4.86. The Bertz CT molecular complexity index is 953. The molecule has 0 radical (unpaired) electrons. The Hall–Kier alpha value is -2.77. The molecule has 142 valence electrons. The quantitative estimate of drug-likeness (QED) is 0.310. The van der Waals surface area contributed by atoms with Gasteiger partial charge in [-0.2, -0.15) is 0 Å². The van der Waals surface area contributed by atoms with Gasteiger partial charge < -0.3 is 4.74 Å². The maximum absolute atomic E-state index is 12.5. The topological polar surface area (TPSA) is 58.6 Å². The largest absolute Gasteiger partial charge is 0.489 e. The summed E-state index contributed by atoms with van der Waals surface area (Å²) in [6, 6.07) is 15.0. The monoisotopic (exact) mass is 456 g/mol. The van der Waals surface area contributed by atoms with Crippen molar-refractivity contribution in [2.24, 2.45) is 0 Å². The van der Waals surface area contributed by atoms with Crippen molar-refractivity contribution in [2.75, 3.05) is 6.54 Å². The molecule has 1 aliphatic heterocycles. The van der Waals surface area contributed by atoms with E-state index in [9.17, 15) is 9.59 Å². The van der Waals surface area contributed by atoms with E-state index >= 15 is 0 Å². The van der Waals surface area contributed by atoms with Crippen LogP contribution in [0.15, 0.2) is 71.2 Å². The van der Waals surface area contributed by atoms with Gasteiger partial charge in [0.05, 0.1) is 0 Å². The first-order valence-electron chi connectivity index (χ1n) is 8.45. The molecule has 2 amide bonds. The highest BCUT2D eigenvalue weighted by atomic mass is 79.9. The van der Waals surface area contributed by atoms with E-state index in [0.717, 1.165) is 10.0 Å². The van der Waals surface area contributed by atoms with E-state index in [0.29, 0.717) is 17.9 Å². The Morgan fingerprint density at radius 1 is 1.11 bits per heavy atom. The molecule has 1 N–H and O–H groups in total. The van der Waals surface area contributed by atoms with Crippen molar-refractivity contribution in [1.82, 2.24) is 10.2 Å². The summed E-state index contributed by atoms with van der Waals surface area (Å²) in [5.41, 5.74) is 1.79. The van der Waals surface area contributed by atoms with Crippen LogP contribution in [-0.2, 0) is 16.2 Å². The van der Waals surface area contributed by atoms with Gasteiger partial charge in [0.25, 0.3) is 11.8 Å². The minimum Gasteiger partial charge on any atom is -0.489 e. The number of rotatable bonds is 6. The maximum Gasteiger partial charge on any atom is 0.265 e. The lowest BCUT2D eigenvalue weighted by atomic mass is 10.1. The summed E-state index contributed by atoms with van der Waals surface area (Å²) in [6.45, 7) is 4.28. The van der Waals surface area contributed by atoms with Gasteiger partial charge in [-0.3, -0.25) is 19.8 Å². The van der Waals surface area contributed by atoms with Crippen molar-refractivity contribution in [2.45, 2.75) is 6.61 Å². The first kappa shape index (κ1) is 20.0. The van der Waals surface area contributed by atoms with Crippen molar-refractivity contribution in [3.63, 3.8) is 0 Å². The Kier molecular flexibility index (Phi) is 6.38. The molecule has 0 saturated carbocycles. The summed E-state index contributed by atoms with van der Waals surface area (Å²) in [7, 11) is 0. The van der Waals surface area contributed by atoms with E-state index in [4.69, 9.17) is 17.0 Å². The fourth-order valence-corrected chi connectivity index (χ4v) is 3.08. The van der Waals surface area contributed by atoms with E-state index in [1.807, 2.05) is 24.3 Å². The van der Waals surface area contributed by atoms with E-state index in [2.05, 4.69) is 27.8 Å². The highest BCUT2D eigenvalue weighted by Gasteiger charge is 2.32. The first-order chi connectivity index (χ1) is 13.5. The molecule has 28 heavy (non-hydrogen) atoms. The van der Waals surface area contributed by atoms with Crippen LogP contribution >= 0.6 is 28.1 Å². The van der Waals surface area contributed by atoms with Crippen molar-refractivity contribution in [3.8, 4) is 5.75 Å². The van der Waals surface area contributed by atoms with Gasteiger partial charge in [0.1, 0.15) is 17.9 Å². The lowest BCUT2D eigenvalue weighted by molar-refractivity contribution is -0.128. The highest BCUT2D eigenvalue weighted by molar-refractivity contribution is 9.10. The Morgan fingerprint density at radius 3 is 2.43 bits per heavy atom. The van der Waals surface area contributed by atoms with Crippen LogP contribution in [0.3, 0.4) is 0 Å². The molecule has 0 unspecified atom stereocenters. The summed E-state index contributed by atoms with van der Waals surface area (Å²) >= 11 is 8.44. The SMILES string of the molecule is C=CCN1C(=O)C(=Cc2ccc(OCc3ccc(Br)cc3)cc2)C(=O)NC1=S. The number of benzene rings is 2. The normalized spacial score (nSPS) is 15.5. The number of nitrogens with zero attached hydrogens (tertiary/aromatic N) is 1. The van der Waals surface area contributed by atoms with Crippen LogP contribution in [0.4, 0.5) is 0 Å². The molecule has 0 atom stereocenters. The zero-order valence-corrected chi connectivity index (χ0v) is 17.3. The fraction of sp³-hybridized carbons (Fsp3) is 0.0952. The van der Waals surface area contributed by atoms with Gasteiger partial charge >= 0.3 is 0 Å². The minimum absolute atomic E-state index is 0.0268. The van der Waals surface area contributed by atoms with Gasteiger partial charge in [0.15, 0.2) is 5.11 Å². The fourth-order valence-electron chi connectivity index (χ4n) is 2.56. The number of amides is 2. The Labute approximate surface area is 176 Å². The van der Waals surface area contributed by atoms with Crippen molar-refractivity contribution in [3.05, 3.63) is 82.4 Å². The van der Waals surface area contributed by atoms with E-state index in [-0.39, 0.29) is 17.2 Å². The van der Waals surface area contributed by atoms with Gasteiger partial charge in [-0.05, 0) is 53.7 Å². The van der Waals surface area contributed by atoms with Crippen LogP contribution < -0.4 is 10.1 Å². The standard InChI is InChI=1S/C21H17BrN2O3S/c1-2-11-24-20(26)18(19(25)23-21(24)28)12-14-5-9-17(10-6-14)27-13-15-3-7-16(22)8-4-15/h2-10,12H,1,11,13H2,(H,23,25,28). The second-order valence-corrected chi connectivity index (χ2v) is 7.31. The van der Waals surface area contributed by atoms with Gasteiger partial charge in [-0.1, -0.05) is 46.3 Å². The van der Waals surface area contributed by atoms with Crippen LogP contribution in [0.2, 0.25) is 0 Å². The molecule has 1 aliphatic rings. The van der Waals surface area contributed by atoms with Crippen LogP contribution in [0, 0.1) is 0 Å². The summed E-state index contributed by atoms with van der Waals surface area (Å²) < 4.78 is 6.78. The number of carbonyl (C=O) groups is 2. The van der Waals surface area contributed by atoms with Gasteiger partial charge in [0.2, 0.25) is 0 Å². The van der Waals surface area contributed by atoms with Crippen LogP contribution in [0.5, 0.6) is 5.75 Å². The molecule has 0 aromatic heterocycles. The number of nitrogens with one attached hydrogen (secondary N) is 1. The second kappa shape index (κ2) is 8.95. The first-order valence-corrected chi connectivity index (χ1v) is 9.65. The Morgan fingerprint density at radius 2 is 1.79 bits per heavy atom. The lowest BCUT2D eigenvalue weighted by Gasteiger charge is -2.27. The molecule has 1 fully saturated rings. The zero-order valence-electron chi connectivity index (χ0n) is 14.9. The Balaban J connectivity index is 1.70. The van der Waals surface area contributed by atoms with Gasteiger partial charge in [-0.15, -0.1) is 6.58 Å². The number of thiocarbonyl (C=S) groups is 1. The smallest absolute Gasteiger partial charge is 0.265 e. The molecule has 1 saturated heterocycles. The number of carbonyl (C=O) groups excluding carboxylic acids is 2. The van der Waals surface area contributed by atoms with Crippen LogP contribution in [0.1, 0.15) is 11.1 Å². The lowest BCUT2D eigenvalue weighted by Crippen LogP contribution is -2.53. The molecule has 3 rings (SSSR count). The maximum atomic E-state index is 12.5. The number of hydrogen-bond donors (Lipinski definition) is 1. The van der Waals surface area contributed by atoms with Crippen molar-refractivity contribution < 1.29 is 14.3 Å². The summed E-state index contributed by atoms with van der Waals surface area (Å²) in [6.07, 6.45) is 3.09. The summed E-state index contributed by atoms with van der Waals surface area (Å²) in [4.78, 5) is 26.0. The molecule has 0 aliphatic carbocycles. The third-order valence-electron chi connectivity index (χ3n) is 4.01. The third kappa shape index (κ3) is 4.74. The molecule has 2 aromatic carbocycles. The molecule has 0 spiro atoms. The van der Waals surface area contributed by atoms with Gasteiger partial charge in [-0.25, -0.2) is 0 Å². The van der Waals surface area contributed by atoms with Crippen molar-refractivity contribution in [1.29, 1.82) is 0 Å². The molecule has 0 bridgehead atoms. The highest BCUT2D eigenvalue weighted by Crippen LogP contribution is 2.19. The summed E-state index contributed by atoms with van der Waals surface area (Å²) in [5, 5.41) is 2.61. The van der Waals surface area contributed by atoms with E-state index in [1.165, 1.54) is 11.0 Å². The number of halogens is 1. The molecule has 1 heterocycles. The van der Waals surface area contributed by atoms with E-state index < -0.39 is 11.8 Å². The average molecular weight is 457 g/mol. The molecule has 5 nitrogen and oxygen atoms in total. The van der Waals surface area contributed by atoms with Crippen LogP contribution in [-0.4, -0.2) is 28.4 Å². The predicted octanol–water partition coefficient (Wildman–Crippen LogP) is 3.84. The number of hydrogen-bond acceptors (Lipinski definition) is 4. The van der Waals surface area contributed by atoms with E-state index in [1.54, 1.807) is 30.3 Å². The molecular weight excluding hydrogens is 440 g/mol. The second-order valence-electron chi connectivity index (χ2n) is 6.01. The predicted molar refractivity (Wildman–Crippen MR) is 116 cm³/mol. The molecule has 7 heteroatoms. The number of ether oxygens (including phenoxy) is 1. The van der Waals surface area contributed by atoms with Crippen molar-refractivity contribution >= 4 is 51.2 Å². The zero-order chi connectivity index (χ0) is 20.1.